The van der Waals surface area contributed by atoms with Crippen molar-refractivity contribution < 1.29 is 9.47 Å². The maximum Gasteiger partial charge on any atom is 0.0936 e. The number of hydrogen-bond acceptors (Lipinski definition) is 4. The van der Waals surface area contributed by atoms with Gasteiger partial charge in [-0.15, -0.1) is 0 Å². The normalized spacial score (nSPS) is 29.0. The van der Waals surface area contributed by atoms with Gasteiger partial charge in [-0.1, -0.05) is 30.3 Å². The predicted octanol–water partition coefficient (Wildman–Crippen LogP) is 1.44. The zero-order valence-corrected chi connectivity index (χ0v) is 12.0. The molecule has 4 heteroatoms. The van der Waals surface area contributed by atoms with E-state index in [9.17, 15) is 0 Å². The van der Waals surface area contributed by atoms with Crippen LogP contribution in [0.15, 0.2) is 30.3 Å². The largest absolute Gasteiger partial charge is 0.376 e. The molecule has 110 valence electrons. The Morgan fingerprint density at radius 1 is 1.20 bits per heavy atom. The Bertz CT molecular complexity index is 393. The molecule has 1 aromatic carbocycles. The molecule has 0 aromatic heterocycles. The zero-order valence-electron chi connectivity index (χ0n) is 12.0. The Morgan fingerprint density at radius 3 is 2.90 bits per heavy atom. The Labute approximate surface area is 121 Å². The lowest BCUT2D eigenvalue weighted by molar-refractivity contribution is -0.0975. The fourth-order valence-electron chi connectivity index (χ4n) is 3.00. The van der Waals surface area contributed by atoms with E-state index in [1.165, 1.54) is 12.0 Å². The van der Waals surface area contributed by atoms with Gasteiger partial charge in [0.05, 0.1) is 25.9 Å². The molecule has 2 atom stereocenters. The van der Waals surface area contributed by atoms with Crippen LogP contribution in [0.25, 0.3) is 0 Å². The third-order valence-electron chi connectivity index (χ3n) is 4.03. The van der Waals surface area contributed by atoms with E-state index in [4.69, 9.17) is 9.47 Å². The maximum atomic E-state index is 5.78. The number of benzene rings is 1. The molecule has 2 heterocycles. The van der Waals surface area contributed by atoms with Crippen LogP contribution >= 0.6 is 0 Å². The highest BCUT2D eigenvalue weighted by atomic mass is 16.6. The minimum atomic E-state index is 0.235. The van der Waals surface area contributed by atoms with Crippen LogP contribution in [0.4, 0.5) is 0 Å². The van der Waals surface area contributed by atoms with Crippen LogP contribution in [0.3, 0.4) is 0 Å². The molecule has 2 saturated heterocycles. The van der Waals surface area contributed by atoms with Crippen molar-refractivity contribution in [2.24, 2.45) is 0 Å². The van der Waals surface area contributed by atoms with Gasteiger partial charge in [0, 0.05) is 19.1 Å². The summed E-state index contributed by atoms with van der Waals surface area (Å²) in [6.07, 6.45) is 1.43. The summed E-state index contributed by atoms with van der Waals surface area (Å²) in [4.78, 5) is 2.51. The summed E-state index contributed by atoms with van der Waals surface area (Å²) < 4.78 is 11.3. The van der Waals surface area contributed by atoms with Crippen LogP contribution < -0.4 is 5.32 Å². The second-order valence-corrected chi connectivity index (χ2v) is 5.60. The first-order valence-electron chi connectivity index (χ1n) is 7.62. The average Bonchev–Trinajstić information content (AvgIpc) is 2.75. The van der Waals surface area contributed by atoms with E-state index in [1.54, 1.807) is 0 Å². The second kappa shape index (κ2) is 7.18. The van der Waals surface area contributed by atoms with Crippen molar-refractivity contribution in [2.45, 2.75) is 18.6 Å². The van der Waals surface area contributed by atoms with E-state index < -0.39 is 0 Å². The highest BCUT2D eigenvalue weighted by Crippen LogP contribution is 2.17. The molecule has 0 spiro atoms. The summed E-state index contributed by atoms with van der Waals surface area (Å²) in [5, 5.41) is 3.65. The van der Waals surface area contributed by atoms with Gasteiger partial charge >= 0.3 is 0 Å². The van der Waals surface area contributed by atoms with Crippen molar-refractivity contribution in [3.63, 3.8) is 0 Å². The number of hydrogen-bond donors (Lipinski definition) is 1. The standard InChI is InChI=1S/C16H24N2O2/c1-2-5-14(6-3-1)16-12-18(8-4-7-17-16)11-15-13-19-9-10-20-15/h1-3,5-6,15-17H,4,7-13H2. The van der Waals surface area contributed by atoms with Gasteiger partial charge in [0.15, 0.2) is 0 Å². The van der Waals surface area contributed by atoms with Crippen LogP contribution in [0.5, 0.6) is 0 Å². The van der Waals surface area contributed by atoms with E-state index in [1.807, 2.05) is 0 Å². The SMILES string of the molecule is c1ccc(C2CN(CC3COCCO3)CCCN2)cc1. The van der Waals surface area contributed by atoms with Gasteiger partial charge in [0.1, 0.15) is 0 Å². The lowest BCUT2D eigenvalue weighted by atomic mass is 10.1. The minimum absolute atomic E-state index is 0.235. The van der Waals surface area contributed by atoms with Gasteiger partial charge in [0.2, 0.25) is 0 Å². The first kappa shape index (κ1) is 14.0. The van der Waals surface area contributed by atoms with Gasteiger partial charge in [0.25, 0.3) is 0 Å². The Morgan fingerprint density at radius 2 is 2.10 bits per heavy atom. The minimum Gasteiger partial charge on any atom is -0.376 e. The lowest BCUT2D eigenvalue weighted by Crippen LogP contribution is -2.41. The van der Waals surface area contributed by atoms with Gasteiger partial charge in [-0.25, -0.2) is 0 Å². The van der Waals surface area contributed by atoms with Gasteiger partial charge < -0.3 is 14.8 Å². The highest BCUT2D eigenvalue weighted by Gasteiger charge is 2.23. The molecule has 2 aliphatic heterocycles. The first-order chi connectivity index (χ1) is 9.92. The van der Waals surface area contributed by atoms with Crippen LogP contribution in [0, 0.1) is 0 Å². The summed E-state index contributed by atoms with van der Waals surface area (Å²) in [6, 6.07) is 11.1. The molecule has 2 fully saturated rings. The quantitative estimate of drug-likeness (QED) is 0.906. The zero-order chi connectivity index (χ0) is 13.6. The lowest BCUT2D eigenvalue weighted by Gasteiger charge is -2.30. The van der Waals surface area contributed by atoms with Crippen molar-refractivity contribution in [3.05, 3.63) is 35.9 Å². The van der Waals surface area contributed by atoms with Crippen molar-refractivity contribution in [3.8, 4) is 0 Å². The number of ether oxygens (including phenoxy) is 2. The van der Waals surface area contributed by atoms with Crippen molar-refractivity contribution in [1.29, 1.82) is 0 Å². The van der Waals surface area contributed by atoms with E-state index in [0.29, 0.717) is 6.04 Å². The van der Waals surface area contributed by atoms with Crippen molar-refractivity contribution in [1.82, 2.24) is 10.2 Å². The maximum absolute atomic E-state index is 5.78. The smallest absolute Gasteiger partial charge is 0.0936 e. The van der Waals surface area contributed by atoms with Gasteiger partial charge in [-0.3, -0.25) is 4.90 Å². The topological polar surface area (TPSA) is 33.7 Å². The molecular formula is C16H24N2O2. The molecular weight excluding hydrogens is 252 g/mol. The first-order valence-corrected chi connectivity index (χ1v) is 7.62. The molecule has 2 aliphatic rings. The Balaban J connectivity index is 1.60. The summed E-state index contributed by atoms with van der Waals surface area (Å²) in [7, 11) is 0. The highest BCUT2D eigenvalue weighted by molar-refractivity contribution is 5.19. The summed E-state index contributed by atoms with van der Waals surface area (Å²) in [5.41, 5.74) is 1.38. The molecule has 3 rings (SSSR count). The molecule has 4 nitrogen and oxygen atoms in total. The molecule has 1 N–H and O–H groups in total. The molecule has 0 radical (unpaired) electrons. The van der Waals surface area contributed by atoms with Gasteiger partial charge in [-0.05, 0) is 25.1 Å². The van der Waals surface area contributed by atoms with Gasteiger partial charge in [-0.2, -0.15) is 0 Å². The summed E-state index contributed by atoms with van der Waals surface area (Å²) >= 11 is 0. The second-order valence-electron chi connectivity index (χ2n) is 5.60. The molecule has 1 aromatic rings. The number of rotatable bonds is 3. The average molecular weight is 276 g/mol. The molecule has 0 amide bonds. The fourth-order valence-corrected chi connectivity index (χ4v) is 3.00. The number of nitrogens with zero attached hydrogens (tertiary/aromatic N) is 1. The van der Waals surface area contributed by atoms with E-state index in [-0.39, 0.29) is 6.10 Å². The van der Waals surface area contributed by atoms with Crippen molar-refractivity contribution >= 4 is 0 Å². The Kier molecular flexibility index (Phi) is 5.03. The predicted molar refractivity (Wildman–Crippen MR) is 78.8 cm³/mol. The summed E-state index contributed by atoms with van der Waals surface area (Å²) in [6.45, 7) is 6.45. The van der Waals surface area contributed by atoms with Crippen LogP contribution in [0.1, 0.15) is 18.0 Å². The van der Waals surface area contributed by atoms with E-state index in [2.05, 4.69) is 40.5 Å². The molecule has 0 bridgehead atoms. The summed E-state index contributed by atoms with van der Waals surface area (Å²) in [5.74, 6) is 0. The molecule has 20 heavy (non-hydrogen) atoms. The van der Waals surface area contributed by atoms with Crippen LogP contribution in [-0.4, -0.2) is 57.0 Å². The fraction of sp³-hybridized carbons (Fsp3) is 0.625. The van der Waals surface area contributed by atoms with Crippen molar-refractivity contribution in [2.75, 3.05) is 46.0 Å². The van der Waals surface area contributed by atoms with Crippen LogP contribution in [0.2, 0.25) is 0 Å². The number of nitrogens with one attached hydrogen (secondary N) is 1. The monoisotopic (exact) mass is 276 g/mol. The van der Waals surface area contributed by atoms with Crippen LogP contribution in [-0.2, 0) is 9.47 Å². The van der Waals surface area contributed by atoms with E-state index in [0.717, 1.165) is 46.0 Å². The Hall–Kier alpha value is -0.940. The molecule has 0 saturated carbocycles. The third kappa shape index (κ3) is 3.79. The third-order valence-corrected chi connectivity index (χ3v) is 4.03. The molecule has 0 aliphatic carbocycles. The molecule has 2 unspecified atom stereocenters. The van der Waals surface area contributed by atoms with E-state index >= 15 is 0 Å².